The lowest BCUT2D eigenvalue weighted by Crippen LogP contribution is -2.27. The van der Waals surface area contributed by atoms with Crippen molar-refractivity contribution in [2.45, 2.75) is 13.0 Å². The first kappa shape index (κ1) is 16.9. The van der Waals surface area contributed by atoms with E-state index in [2.05, 4.69) is 20.3 Å². The summed E-state index contributed by atoms with van der Waals surface area (Å²) in [6.45, 7) is 0.384. The number of pyridine rings is 1. The number of carbonyl (C=O) groups is 1. The third-order valence-electron chi connectivity index (χ3n) is 3.58. The lowest BCUT2D eigenvalue weighted by atomic mass is 10.2. The van der Waals surface area contributed by atoms with Crippen LogP contribution in [0.2, 0.25) is 5.02 Å². The van der Waals surface area contributed by atoms with Gasteiger partial charge in [-0.3, -0.25) is 14.6 Å². The van der Waals surface area contributed by atoms with Gasteiger partial charge in [-0.2, -0.15) is 0 Å². The van der Waals surface area contributed by atoms with Crippen molar-refractivity contribution in [1.82, 2.24) is 20.3 Å². The summed E-state index contributed by atoms with van der Waals surface area (Å²) in [5, 5.41) is 3.37. The summed E-state index contributed by atoms with van der Waals surface area (Å²) >= 11 is 5.85. The Morgan fingerprint density at radius 2 is 1.84 bits per heavy atom. The summed E-state index contributed by atoms with van der Waals surface area (Å²) in [7, 11) is 0. The molecule has 0 saturated carbocycles. The van der Waals surface area contributed by atoms with Crippen LogP contribution >= 0.6 is 11.6 Å². The maximum atomic E-state index is 12.2. The molecular weight excluding hydrogens is 340 g/mol. The van der Waals surface area contributed by atoms with E-state index in [-0.39, 0.29) is 17.9 Å². The van der Waals surface area contributed by atoms with Gasteiger partial charge in [0.05, 0.1) is 6.42 Å². The molecule has 0 aliphatic carbocycles. The number of aromatic amines is 1. The maximum absolute atomic E-state index is 12.2. The standard InChI is InChI=1S/C18H15ClN4O2/c19-15-3-1-13(2-4-15)17-22-11-14(18(25)23-17)9-16(24)21-10-12-5-7-20-8-6-12/h1-8,11H,9-10H2,(H,21,24)(H,22,23,25). The Morgan fingerprint density at radius 3 is 2.52 bits per heavy atom. The van der Waals surface area contributed by atoms with Crippen molar-refractivity contribution in [1.29, 1.82) is 0 Å². The molecule has 0 atom stereocenters. The monoisotopic (exact) mass is 354 g/mol. The van der Waals surface area contributed by atoms with Gasteiger partial charge in [-0.1, -0.05) is 11.6 Å². The van der Waals surface area contributed by atoms with Gasteiger partial charge in [-0.15, -0.1) is 0 Å². The number of amides is 1. The topological polar surface area (TPSA) is 87.7 Å². The molecule has 0 saturated heterocycles. The van der Waals surface area contributed by atoms with Crippen molar-refractivity contribution in [2.24, 2.45) is 0 Å². The lowest BCUT2D eigenvalue weighted by molar-refractivity contribution is -0.120. The molecule has 0 aliphatic rings. The molecule has 1 amide bonds. The molecule has 25 heavy (non-hydrogen) atoms. The molecule has 2 heterocycles. The first-order chi connectivity index (χ1) is 12.1. The Balaban J connectivity index is 1.66. The molecule has 7 heteroatoms. The number of nitrogens with one attached hydrogen (secondary N) is 2. The zero-order valence-electron chi connectivity index (χ0n) is 13.2. The molecule has 0 fully saturated rings. The highest BCUT2D eigenvalue weighted by molar-refractivity contribution is 6.30. The fraction of sp³-hybridized carbons (Fsp3) is 0.111. The van der Waals surface area contributed by atoms with E-state index in [0.717, 1.165) is 11.1 Å². The van der Waals surface area contributed by atoms with E-state index in [1.807, 2.05) is 12.1 Å². The molecule has 0 unspecified atom stereocenters. The summed E-state index contributed by atoms with van der Waals surface area (Å²) in [6.07, 6.45) is 4.71. The predicted molar refractivity (Wildman–Crippen MR) is 95.1 cm³/mol. The van der Waals surface area contributed by atoms with Crippen LogP contribution in [-0.4, -0.2) is 20.9 Å². The first-order valence-electron chi connectivity index (χ1n) is 7.61. The highest BCUT2D eigenvalue weighted by atomic mass is 35.5. The number of hydrogen-bond acceptors (Lipinski definition) is 4. The van der Waals surface area contributed by atoms with E-state index in [0.29, 0.717) is 23.0 Å². The first-order valence-corrected chi connectivity index (χ1v) is 7.99. The van der Waals surface area contributed by atoms with Crippen LogP contribution in [0.3, 0.4) is 0 Å². The summed E-state index contributed by atoms with van der Waals surface area (Å²) in [4.78, 5) is 35.0. The number of rotatable bonds is 5. The molecule has 0 bridgehead atoms. The number of carbonyl (C=O) groups excluding carboxylic acids is 1. The van der Waals surface area contributed by atoms with Gasteiger partial charge >= 0.3 is 0 Å². The molecule has 6 nitrogen and oxygen atoms in total. The van der Waals surface area contributed by atoms with Gasteiger partial charge < -0.3 is 10.3 Å². The van der Waals surface area contributed by atoms with Crippen LogP contribution < -0.4 is 10.9 Å². The average molecular weight is 355 g/mol. The molecular formula is C18H15ClN4O2. The highest BCUT2D eigenvalue weighted by Crippen LogP contribution is 2.16. The van der Waals surface area contributed by atoms with Crippen LogP contribution in [0, 0.1) is 0 Å². The number of aromatic nitrogens is 3. The van der Waals surface area contributed by atoms with E-state index in [9.17, 15) is 9.59 Å². The van der Waals surface area contributed by atoms with E-state index >= 15 is 0 Å². The second kappa shape index (κ2) is 7.72. The van der Waals surface area contributed by atoms with E-state index < -0.39 is 0 Å². The van der Waals surface area contributed by atoms with Gasteiger partial charge in [-0.25, -0.2) is 4.98 Å². The summed E-state index contributed by atoms with van der Waals surface area (Å²) in [6, 6.07) is 10.6. The molecule has 0 aliphatic heterocycles. The Bertz CT molecular complexity index is 924. The zero-order valence-corrected chi connectivity index (χ0v) is 14.0. The summed E-state index contributed by atoms with van der Waals surface area (Å²) in [5.74, 6) is 0.186. The van der Waals surface area contributed by atoms with E-state index in [1.54, 1.807) is 36.7 Å². The Labute approximate surface area is 148 Å². The smallest absolute Gasteiger partial charge is 0.254 e. The number of benzene rings is 1. The molecule has 0 spiro atoms. The molecule has 3 aromatic rings. The van der Waals surface area contributed by atoms with Crippen molar-refractivity contribution < 1.29 is 4.79 Å². The van der Waals surface area contributed by atoms with Crippen molar-refractivity contribution in [3.8, 4) is 11.4 Å². The Kier molecular flexibility index (Phi) is 5.20. The predicted octanol–water partition coefficient (Wildman–Crippen LogP) is 2.34. The van der Waals surface area contributed by atoms with E-state index in [4.69, 9.17) is 11.6 Å². The minimum absolute atomic E-state index is 0.0334. The van der Waals surface area contributed by atoms with Crippen molar-refractivity contribution in [3.05, 3.63) is 81.5 Å². The Hall–Kier alpha value is -2.99. The number of nitrogens with zero attached hydrogens (tertiary/aromatic N) is 2. The number of hydrogen-bond donors (Lipinski definition) is 2. The molecule has 1 aromatic carbocycles. The fourth-order valence-electron chi connectivity index (χ4n) is 2.24. The highest BCUT2D eigenvalue weighted by Gasteiger charge is 2.09. The van der Waals surface area contributed by atoms with Gasteiger partial charge in [0.1, 0.15) is 5.82 Å². The van der Waals surface area contributed by atoms with Gasteiger partial charge in [0.15, 0.2) is 0 Å². The molecule has 126 valence electrons. The van der Waals surface area contributed by atoms with Crippen LogP contribution in [0.1, 0.15) is 11.1 Å². The third kappa shape index (κ3) is 4.51. The SMILES string of the molecule is O=C(Cc1cnc(-c2ccc(Cl)cc2)[nH]c1=O)NCc1ccncc1. The lowest BCUT2D eigenvalue weighted by Gasteiger charge is -2.06. The van der Waals surface area contributed by atoms with Crippen LogP contribution in [0.5, 0.6) is 0 Å². The normalized spacial score (nSPS) is 10.4. The third-order valence-corrected chi connectivity index (χ3v) is 3.83. The number of H-pyrrole nitrogens is 1. The van der Waals surface area contributed by atoms with Crippen molar-refractivity contribution >= 4 is 17.5 Å². The van der Waals surface area contributed by atoms with E-state index in [1.165, 1.54) is 6.20 Å². The fourth-order valence-corrected chi connectivity index (χ4v) is 2.36. The molecule has 0 radical (unpaired) electrons. The van der Waals surface area contributed by atoms with Crippen molar-refractivity contribution in [3.63, 3.8) is 0 Å². The Morgan fingerprint density at radius 1 is 1.12 bits per heavy atom. The molecule has 2 N–H and O–H groups in total. The van der Waals surface area contributed by atoms with Crippen LogP contribution in [0.4, 0.5) is 0 Å². The minimum Gasteiger partial charge on any atom is -0.352 e. The second-order valence-electron chi connectivity index (χ2n) is 5.40. The maximum Gasteiger partial charge on any atom is 0.254 e. The van der Waals surface area contributed by atoms with Gasteiger partial charge in [-0.05, 0) is 42.0 Å². The zero-order chi connectivity index (χ0) is 17.6. The largest absolute Gasteiger partial charge is 0.352 e. The second-order valence-corrected chi connectivity index (χ2v) is 5.84. The quantitative estimate of drug-likeness (QED) is 0.736. The van der Waals surface area contributed by atoms with Gasteiger partial charge in [0.2, 0.25) is 5.91 Å². The number of halogens is 1. The van der Waals surface area contributed by atoms with Crippen LogP contribution in [0.25, 0.3) is 11.4 Å². The van der Waals surface area contributed by atoms with Crippen LogP contribution in [-0.2, 0) is 17.8 Å². The van der Waals surface area contributed by atoms with Crippen LogP contribution in [0.15, 0.2) is 59.8 Å². The molecule has 3 rings (SSSR count). The summed E-state index contributed by atoms with van der Waals surface area (Å²) in [5.41, 5.74) is 1.66. The minimum atomic E-state index is -0.334. The van der Waals surface area contributed by atoms with Gasteiger partial charge in [0.25, 0.3) is 5.56 Å². The summed E-state index contributed by atoms with van der Waals surface area (Å²) < 4.78 is 0. The van der Waals surface area contributed by atoms with Crippen molar-refractivity contribution in [2.75, 3.05) is 0 Å². The average Bonchev–Trinajstić information content (AvgIpc) is 2.63. The van der Waals surface area contributed by atoms with Gasteiger partial charge in [0, 0.05) is 41.3 Å². The molecule has 2 aromatic heterocycles.